The molecule has 17 heavy (non-hydrogen) atoms. The van der Waals surface area contributed by atoms with E-state index in [4.69, 9.17) is 10.5 Å². The van der Waals surface area contributed by atoms with Crippen molar-refractivity contribution >= 4 is 21.9 Å². The van der Waals surface area contributed by atoms with Gasteiger partial charge in [-0.2, -0.15) is 0 Å². The molecule has 1 aromatic rings. The summed E-state index contributed by atoms with van der Waals surface area (Å²) in [6.45, 7) is 2.17. The van der Waals surface area contributed by atoms with E-state index in [-0.39, 0.29) is 25.0 Å². The molecule has 94 valence electrons. The molecule has 0 saturated heterocycles. The Kier molecular flexibility index (Phi) is 5.44. The molecule has 0 bridgehead atoms. The van der Waals surface area contributed by atoms with Gasteiger partial charge < -0.3 is 15.2 Å². The third-order valence-corrected chi connectivity index (χ3v) is 2.75. The highest BCUT2D eigenvalue weighted by Crippen LogP contribution is 2.27. The van der Waals surface area contributed by atoms with Crippen LogP contribution in [0.1, 0.15) is 24.9 Å². The molecule has 4 nitrogen and oxygen atoms in total. The fourth-order valence-electron chi connectivity index (χ4n) is 1.36. The molecule has 0 spiro atoms. The van der Waals surface area contributed by atoms with Gasteiger partial charge in [-0.05, 0) is 19.1 Å². The number of rotatable bonds is 5. The van der Waals surface area contributed by atoms with E-state index in [1.807, 2.05) is 25.1 Å². The van der Waals surface area contributed by atoms with E-state index in [0.29, 0.717) is 5.75 Å². The Hall–Kier alpha value is -1.07. The standard InChI is InChI=1S/C12H16BrNO3/c1-8(14)10-4-3-9(13)7-11(10)17-6-5-12(15)16-2/h3-4,7-8H,5-6,14H2,1-2H3. The van der Waals surface area contributed by atoms with Crippen LogP contribution in [0.2, 0.25) is 0 Å². The minimum Gasteiger partial charge on any atom is -0.493 e. The largest absolute Gasteiger partial charge is 0.493 e. The molecule has 0 radical (unpaired) electrons. The number of carbonyl (C=O) groups is 1. The Morgan fingerprint density at radius 3 is 2.82 bits per heavy atom. The predicted molar refractivity (Wildman–Crippen MR) is 68.9 cm³/mol. The average Bonchev–Trinajstić information content (AvgIpc) is 2.28. The van der Waals surface area contributed by atoms with Gasteiger partial charge in [0.15, 0.2) is 0 Å². The van der Waals surface area contributed by atoms with Gasteiger partial charge in [0, 0.05) is 16.1 Å². The maximum Gasteiger partial charge on any atom is 0.308 e. The first-order valence-electron chi connectivity index (χ1n) is 5.29. The molecular formula is C12H16BrNO3. The van der Waals surface area contributed by atoms with Crippen LogP contribution < -0.4 is 10.5 Å². The van der Waals surface area contributed by atoms with Crippen molar-refractivity contribution in [3.63, 3.8) is 0 Å². The number of carbonyl (C=O) groups excluding carboxylic acids is 1. The maximum absolute atomic E-state index is 11.0. The summed E-state index contributed by atoms with van der Waals surface area (Å²) in [7, 11) is 1.36. The van der Waals surface area contributed by atoms with Gasteiger partial charge in [0.2, 0.25) is 0 Å². The zero-order chi connectivity index (χ0) is 12.8. The molecule has 0 aromatic heterocycles. The van der Waals surface area contributed by atoms with Crippen LogP contribution in [0.4, 0.5) is 0 Å². The molecule has 2 N–H and O–H groups in total. The van der Waals surface area contributed by atoms with Gasteiger partial charge in [-0.3, -0.25) is 4.79 Å². The highest BCUT2D eigenvalue weighted by atomic mass is 79.9. The fourth-order valence-corrected chi connectivity index (χ4v) is 1.70. The lowest BCUT2D eigenvalue weighted by atomic mass is 10.1. The van der Waals surface area contributed by atoms with Gasteiger partial charge in [-0.15, -0.1) is 0 Å². The molecule has 0 amide bonds. The van der Waals surface area contributed by atoms with Crippen LogP contribution in [-0.4, -0.2) is 19.7 Å². The van der Waals surface area contributed by atoms with E-state index in [1.54, 1.807) is 0 Å². The van der Waals surface area contributed by atoms with Gasteiger partial charge in [0.05, 0.1) is 20.1 Å². The third kappa shape index (κ3) is 4.36. The highest BCUT2D eigenvalue weighted by Gasteiger charge is 2.09. The van der Waals surface area contributed by atoms with Crippen molar-refractivity contribution in [2.24, 2.45) is 5.73 Å². The molecule has 1 aromatic carbocycles. The zero-order valence-corrected chi connectivity index (χ0v) is 11.5. The lowest BCUT2D eigenvalue weighted by Gasteiger charge is -2.14. The van der Waals surface area contributed by atoms with Gasteiger partial charge in [-0.1, -0.05) is 22.0 Å². The summed E-state index contributed by atoms with van der Waals surface area (Å²) in [5.74, 6) is 0.403. The van der Waals surface area contributed by atoms with Crippen molar-refractivity contribution in [2.75, 3.05) is 13.7 Å². The van der Waals surface area contributed by atoms with Crippen molar-refractivity contribution in [3.05, 3.63) is 28.2 Å². The summed E-state index contributed by atoms with van der Waals surface area (Å²) in [6, 6.07) is 5.54. The summed E-state index contributed by atoms with van der Waals surface area (Å²) < 4.78 is 11.0. The van der Waals surface area contributed by atoms with Crippen molar-refractivity contribution in [1.29, 1.82) is 0 Å². The first-order chi connectivity index (χ1) is 8.04. The Balaban J connectivity index is 2.68. The summed E-state index contributed by atoms with van der Waals surface area (Å²) in [4.78, 5) is 11.0. The molecule has 0 aliphatic rings. The van der Waals surface area contributed by atoms with Crippen LogP contribution in [0.3, 0.4) is 0 Å². The molecule has 1 atom stereocenters. The zero-order valence-electron chi connectivity index (χ0n) is 9.90. The second kappa shape index (κ2) is 6.61. The molecule has 0 heterocycles. The van der Waals surface area contributed by atoms with Crippen LogP contribution in [0.25, 0.3) is 0 Å². The van der Waals surface area contributed by atoms with Crippen LogP contribution in [-0.2, 0) is 9.53 Å². The maximum atomic E-state index is 11.0. The van der Waals surface area contributed by atoms with E-state index >= 15 is 0 Å². The Morgan fingerprint density at radius 1 is 1.53 bits per heavy atom. The lowest BCUT2D eigenvalue weighted by molar-refractivity contribution is -0.141. The van der Waals surface area contributed by atoms with E-state index in [9.17, 15) is 4.79 Å². The van der Waals surface area contributed by atoms with Crippen LogP contribution >= 0.6 is 15.9 Å². The van der Waals surface area contributed by atoms with Crippen molar-refractivity contribution in [2.45, 2.75) is 19.4 Å². The average molecular weight is 302 g/mol. The van der Waals surface area contributed by atoms with Crippen LogP contribution in [0.5, 0.6) is 5.75 Å². The number of ether oxygens (including phenoxy) is 2. The molecule has 5 heteroatoms. The molecule has 0 fully saturated rings. The topological polar surface area (TPSA) is 61.5 Å². The number of hydrogen-bond donors (Lipinski definition) is 1. The normalized spacial score (nSPS) is 12.0. The molecule has 0 aliphatic carbocycles. The predicted octanol–water partition coefficient (Wildman–Crippen LogP) is 2.41. The molecule has 0 saturated carbocycles. The Morgan fingerprint density at radius 2 is 2.24 bits per heavy atom. The molecule has 0 aliphatic heterocycles. The van der Waals surface area contributed by atoms with Crippen LogP contribution in [0, 0.1) is 0 Å². The number of esters is 1. The first kappa shape index (κ1) is 14.0. The quantitative estimate of drug-likeness (QED) is 0.849. The number of nitrogens with two attached hydrogens (primary N) is 1. The second-order valence-electron chi connectivity index (χ2n) is 3.65. The Bertz CT molecular complexity index is 393. The number of hydrogen-bond acceptors (Lipinski definition) is 4. The molecule has 1 unspecified atom stereocenters. The minimum absolute atomic E-state index is 0.115. The van der Waals surface area contributed by atoms with Crippen molar-refractivity contribution in [1.82, 2.24) is 0 Å². The van der Waals surface area contributed by atoms with Gasteiger partial charge in [0.25, 0.3) is 0 Å². The minimum atomic E-state index is -0.289. The SMILES string of the molecule is COC(=O)CCOc1cc(Br)ccc1C(C)N. The number of benzene rings is 1. The third-order valence-electron chi connectivity index (χ3n) is 2.26. The fraction of sp³-hybridized carbons (Fsp3) is 0.417. The van der Waals surface area contributed by atoms with Crippen molar-refractivity contribution < 1.29 is 14.3 Å². The summed E-state index contributed by atoms with van der Waals surface area (Å²) >= 11 is 3.37. The smallest absolute Gasteiger partial charge is 0.308 e. The van der Waals surface area contributed by atoms with Gasteiger partial charge in [0.1, 0.15) is 5.75 Å². The van der Waals surface area contributed by atoms with E-state index < -0.39 is 0 Å². The van der Waals surface area contributed by atoms with Gasteiger partial charge in [-0.25, -0.2) is 0 Å². The molecule has 1 rings (SSSR count). The van der Waals surface area contributed by atoms with E-state index in [1.165, 1.54) is 7.11 Å². The monoisotopic (exact) mass is 301 g/mol. The van der Waals surface area contributed by atoms with E-state index in [2.05, 4.69) is 20.7 Å². The second-order valence-corrected chi connectivity index (χ2v) is 4.56. The Labute approximate surface area is 109 Å². The van der Waals surface area contributed by atoms with Crippen molar-refractivity contribution in [3.8, 4) is 5.75 Å². The highest BCUT2D eigenvalue weighted by molar-refractivity contribution is 9.10. The van der Waals surface area contributed by atoms with Crippen LogP contribution in [0.15, 0.2) is 22.7 Å². The summed E-state index contributed by atoms with van der Waals surface area (Å²) in [6.07, 6.45) is 0.224. The first-order valence-corrected chi connectivity index (χ1v) is 6.08. The summed E-state index contributed by atoms with van der Waals surface area (Å²) in [5, 5.41) is 0. The van der Waals surface area contributed by atoms with E-state index in [0.717, 1.165) is 10.0 Å². The van der Waals surface area contributed by atoms with Gasteiger partial charge >= 0.3 is 5.97 Å². The number of methoxy groups -OCH3 is 1. The summed E-state index contributed by atoms with van der Waals surface area (Å²) in [5.41, 5.74) is 6.75. The lowest BCUT2D eigenvalue weighted by Crippen LogP contribution is -2.11. The molecular weight excluding hydrogens is 286 g/mol. The number of halogens is 1.